The lowest BCUT2D eigenvalue weighted by molar-refractivity contribution is 0.904. The highest BCUT2D eigenvalue weighted by Gasteiger charge is 2.04. The van der Waals surface area contributed by atoms with Gasteiger partial charge in [0.15, 0.2) is 5.82 Å². The Balaban J connectivity index is 2.49. The molecular weight excluding hydrogens is 210 g/mol. The van der Waals surface area contributed by atoms with Crippen molar-refractivity contribution in [2.24, 2.45) is 0 Å². The van der Waals surface area contributed by atoms with Gasteiger partial charge in [0.1, 0.15) is 5.82 Å². The van der Waals surface area contributed by atoms with E-state index in [0.29, 0.717) is 11.6 Å². The fourth-order valence-electron chi connectivity index (χ4n) is 1.27. The second kappa shape index (κ2) is 4.36. The Kier molecular flexibility index (Phi) is 2.92. The second-order valence-corrected chi connectivity index (χ2v) is 3.40. The number of halogens is 1. The van der Waals surface area contributed by atoms with Crippen LogP contribution in [0, 0.1) is 0 Å². The van der Waals surface area contributed by atoms with Crippen LogP contribution in [0.1, 0.15) is 12.7 Å². The van der Waals surface area contributed by atoms with Crippen molar-refractivity contribution in [3.63, 3.8) is 0 Å². The molecule has 0 unspecified atom stereocenters. The first kappa shape index (κ1) is 10.1. The molecule has 0 N–H and O–H groups in total. The third-order valence-electron chi connectivity index (χ3n) is 2.00. The van der Waals surface area contributed by atoms with Crippen LogP contribution in [-0.2, 0) is 6.42 Å². The van der Waals surface area contributed by atoms with Gasteiger partial charge in [0.05, 0.1) is 0 Å². The fourth-order valence-corrected chi connectivity index (χ4v) is 1.44. The number of rotatable bonds is 2. The average molecular weight is 220 g/mol. The Morgan fingerprint density at radius 2 is 1.80 bits per heavy atom. The molecule has 2 rings (SSSR count). The highest BCUT2D eigenvalue weighted by Crippen LogP contribution is 2.15. The fraction of sp³-hybridized carbons (Fsp3) is 0.182. The van der Waals surface area contributed by atoms with Gasteiger partial charge in [-0.15, -0.1) is 0 Å². The zero-order valence-corrected chi connectivity index (χ0v) is 9.07. The first-order valence-electron chi connectivity index (χ1n) is 4.75. The van der Waals surface area contributed by atoms with E-state index in [0.717, 1.165) is 12.0 Å². The summed E-state index contributed by atoms with van der Waals surface area (Å²) < 4.78 is 0. The number of hydrogen-bond acceptors (Lipinski definition) is 3. The molecule has 0 spiro atoms. The predicted octanol–water partition coefficient (Wildman–Crippen LogP) is 2.75. The van der Waals surface area contributed by atoms with Gasteiger partial charge in [0.25, 0.3) is 0 Å². The van der Waals surface area contributed by atoms with Gasteiger partial charge in [-0.3, -0.25) is 0 Å². The first-order chi connectivity index (χ1) is 7.29. The maximum Gasteiger partial charge on any atom is 0.226 e. The monoisotopic (exact) mass is 219 g/mol. The molecular formula is C11H10ClN3. The highest BCUT2D eigenvalue weighted by atomic mass is 35.5. The van der Waals surface area contributed by atoms with E-state index in [1.165, 1.54) is 0 Å². The summed E-state index contributed by atoms with van der Waals surface area (Å²) in [4.78, 5) is 12.4. The number of nitrogens with zero attached hydrogens (tertiary/aromatic N) is 3. The molecule has 0 aliphatic carbocycles. The molecule has 1 aromatic carbocycles. The molecule has 0 radical (unpaired) electrons. The normalized spacial score (nSPS) is 10.3. The lowest BCUT2D eigenvalue weighted by Crippen LogP contribution is -1.99. The minimum Gasteiger partial charge on any atom is -0.213 e. The molecule has 0 aliphatic heterocycles. The molecule has 76 valence electrons. The molecule has 4 heteroatoms. The van der Waals surface area contributed by atoms with Crippen LogP contribution in [0.3, 0.4) is 0 Å². The number of benzene rings is 1. The van der Waals surface area contributed by atoms with Crippen LogP contribution >= 0.6 is 11.6 Å². The molecule has 0 fully saturated rings. The van der Waals surface area contributed by atoms with E-state index in [1.54, 1.807) is 0 Å². The average Bonchev–Trinajstić information content (AvgIpc) is 2.29. The second-order valence-electron chi connectivity index (χ2n) is 3.06. The van der Waals surface area contributed by atoms with Crippen molar-refractivity contribution in [3.05, 3.63) is 41.4 Å². The lowest BCUT2D eigenvalue weighted by atomic mass is 10.2. The Morgan fingerprint density at radius 1 is 1.07 bits per heavy atom. The largest absolute Gasteiger partial charge is 0.226 e. The predicted molar refractivity (Wildman–Crippen MR) is 59.7 cm³/mol. The van der Waals surface area contributed by atoms with Gasteiger partial charge < -0.3 is 0 Å². The van der Waals surface area contributed by atoms with Crippen LogP contribution in [0.25, 0.3) is 11.4 Å². The summed E-state index contributed by atoms with van der Waals surface area (Å²) in [5.74, 6) is 1.35. The highest BCUT2D eigenvalue weighted by molar-refractivity contribution is 6.28. The van der Waals surface area contributed by atoms with Crippen molar-refractivity contribution < 1.29 is 0 Å². The Bertz CT molecular complexity index is 457. The third kappa shape index (κ3) is 2.30. The van der Waals surface area contributed by atoms with Crippen molar-refractivity contribution >= 4 is 11.6 Å². The number of hydrogen-bond donors (Lipinski definition) is 0. The van der Waals surface area contributed by atoms with Gasteiger partial charge >= 0.3 is 0 Å². The SMILES string of the molecule is CCc1nc(Cl)nc(-c2ccccc2)n1. The third-order valence-corrected chi connectivity index (χ3v) is 2.17. The van der Waals surface area contributed by atoms with Crippen molar-refractivity contribution in [1.82, 2.24) is 15.0 Å². The summed E-state index contributed by atoms with van der Waals surface area (Å²) >= 11 is 5.82. The molecule has 2 aromatic rings. The van der Waals surface area contributed by atoms with Crippen LogP contribution < -0.4 is 0 Å². The van der Waals surface area contributed by atoms with Gasteiger partial charge in [-0.2, -0.15) is 4.98 Å². The van der Waals surface area contributed by atoms with Crippen LogP contribution in [-0.4, -0.2) is 15.0 Å². The zero-order valence-electron chi connectivity index (χ0n) is 8.31. The molecule has 0 saturated heterocycles. The van der Waals surface area contributed by atoms with Gasteiger partial charge in [0.2, 0.25) is 5.28 Å². The van der Waals surface area contributed by atoms with E-state index in [1.807, 2.05) is 37.3 Å². The van der Waals surface area contributed by atoms with Gasteiger partial charge in [0, 0.05) is 12.0 Å². The van der Waals surface area contributed by atoms with Crippen molar-refractivity contribution in [2.45, 2.75) is 13.3 Å². The van der Waals surface area contributed by atoms with Crippen LogP contribution in [0.5, 0.6) is 0 Å². The Hall–Kier alpha value is -1.48. The molecule has 3 nitrogen and oxygen atoms in total. The van der Waals surface area contributed by atoms with E-state index < -0.39 is 0 Å². The summed E-state index contributed by atoms with van der Waals surface area (Å²) in [5, 5.41) is 0.251. The van der Waals surface area contributed by atoms with Gasteiger partial charge in [-0.1, -0.05) is 37.3 Å². The van der Waals surface area contributed by atoms with Gasteiger partial charge in [-0.25, -0.2) is 9.97 Å². The smallest absolute Gasteiger partial charge is 0.213 e. The minimum atomic E-state index is 0.251. The van der Waals surface area contributed by atoms with E-state index in [2.05, 4.69) is 15.0 Å². The molecule has 0 amide bonds. The number of aromatic nitrogens is 3. The quantitative estimate of drug-likeness (QED) is 0.780. The van der Waals surface area contributed by atoms with E-state index in [-0.39, 0.29) is 5.28 Å². The van der Waals surface area contributed by atoms with Crippen molar-refractivity contribution in [2.75, 3.05) is 0 Å². The van der Waals surface area contributed by atoms with E-state index in [4.69, 9.17) is 11.6 Å². The maximum absolute atomic E-state index is 5.82. The molecule has 0 saturated carbocycles. The van der Waals surface area contributed by atoms with Crippen molar-refractivity contribution in [1.29, 1.82) is 0 Å². The molecule has 0 atom stereocenters. The molecule has 1 aromatic heterocycles. The minimum absolute atomic E-state index is 0.251. The van der Waals surface area contributed by atoms with Crippen molar-refractivity contribution in [3.8, 4) is 11.4 Å². The molecule has 0 bridgehead atoms. The topological polar surface area (TPSA) is 38.7 Å². The first-order valence-corrected chi connectivity index (χ1v) is 5.13. The van der Waals surface area contributed by atoms with Gasteiger partial charge in [-0.05, 0) is 11.6 Å². The lowest BCUT2D eigenvalue weighted by Gasteiger charge is -2.02. The van der Waals surface area contributed by atoms with E-state index in [9.17, 15) is 0 Å². The van der Waals surface area contributed by atoms with Crippen LogP contribution in [0.15, 0.2) is 30.3 Å². The number of aryl methyl sites for hydroxylation is 1. The standard InChI is InChI=1S/C11H10ClN3/c1-2-9-13-10(15-11(12)14-9)8-6-4-3-5-7-8/h3-7H,2H2,1H3. The summed E-state index contributed by atoms with van der Waals surface area (Å²) in [6.45, 7) is 1.99. The summed E-state index contributed by atoms with van der Waals surface area (Å²) in [5.41, 5.74) is 0.955. The zero-order chi connectivity index (χ0) is 10.7. The molecule has 0 aliphatic rings. The molecule has 1 heterocycles. The summed E-state index contributed by atoms with van der Waals surface area (Å²) in [6, 6.07) is 9.74. The molecule has 15 heavy (non-hydrogen) atoms. The van der Waals surface area contributed by atoms with Crippen LogP contribution in [0.4, 0.5) is 0 Å². The maximum atomic E-state index is 5.82. The summed E-state index contributed by atoms with van der Waals surface area (Å²) in [7, 11) is 0. The Labute approximate surface area is 93.2 Å². The summed E-state index contributed by atoms with van der Waals surface area (Å²) in [6.07, 6.45) is 0.752. The van der Waals surface area contributed by atoms with E-state index >= 15 is 0 Å². The van der Waals surface area contributed by atoms with Crippen LogP contribution in [0.2, 0.25) is 5.28 Å². The Morgan fingerprint density at radius 3 is 2.47 bits per heavy atom.